The van der Waals surface area contributed by atoms with E-state index in [1.54, 1.807) is 0 Å². The minimum atomic E-state index is -4.83. The second kappa shape index (κ2) is 23.3. The van der Waals surface area contributed by atoms with Gasteiger partial charge in [0, 0.05) is 6.29 Å². The van der Waals surface area contributed by atoms with Gasteiger partial charge in [-0.2, -0.15) is 0 Å². The van der Waals surface area contributed by atoms with Crippen LogP contribution in [0.1, 0.15) is 71.1 Å². The van der Waals surface area contributed by atoms with Crippen LogP contribution in [0, 0.1) is 0 Å². The predicted molar refractivity (Wildman–Crippen MR) is 85.7 cm³/mol. The van der Waals surface area contributed by atoms with Gasteiger partial charge in [0.15, 0.2) is 0 Å². The van der Waals surface area contributed by atoms with E-state index in [0.29, 0.717) is 6.42 Å². The van der Waals surface area contributed by atoms with Crippen molar-refractivity contribution < 1.29 is 183 Å². The molecular weight excluding hydrogens is 457 g/mol. The Morgan fingerprint density at radius 1 is 0.731 bits per heavy atom. The summed E-state index contributed by atoms with van der Waals surface area (Å²) in [6, 6.07) is 0. The van der Waals surface area contributed by atoms with Crippen molar-refractivity contribution in [3.05, 3.63) is 0 Å². The summed E-state index contributed by atoms with van der Waals surface area (Å²) in [6.07, 6.45) is 9.38. The van der Waals surface area contributed by atoms with E-state index in [1.165, 1.54) is 38.5 Å². The Hall–Kier alpha value is 5.17. The predicted octanol–water partition coefficient (Wildman–Crippen LogP) is -7.40. The molecule has 0 amide bonds. The summed E-state index contributed by atoms with van der Waals surface area (Å²) in [4.78, 5) is 42.2. The maximum atomic E-state index is 10.9. The third-order valence-corrected chi connectivity index (χ3v) is 5.08. The Kier molecular flexibility index (Phi) is 34.5. The molecule has 0 radical (unpaired) electrons. The molecule has 0 rings (SSSR count). The van der Waals surface area contributed by atoms with Crippen molar-refractivity contribution in [3.8, 4) is 0 Å². The molecule has 0 aromatic rings. The molecule has 0 saturated heterocycles. The number of nitrogens with zero attached hydrogens (tertiary/aromatic N) is 1. The van der Waals surface area contributed by atoms with Gasteiger partial charge in [-0.1, -0.05) is 72.3 Å². The third-order valence-electron chi connectivity index (χ3n) is 3.58. The third kappa shape index (κ3) is 31.4. The van der Waals surface area contributed by atoms with Crippen molar-refractivity contribution in [1.29, 1.82) is 0 Å². The van der Waals surface area contributed by atoms with E-state index in [2.05, 4.69) is 6.92 Å². The van der Waals surface area contributed by atoms with Crippen molar-refractivity contribution in [1.82, 2.24) is 4.90 Å². The second-order valence-electron chi connectivity index (χ2n) is 6.11. The smallest absolute Gasteiger partial charge is 0.810 e. The van der Waals surface area contributed by atoms with Crippen LogP contribution in [-0.4, -0.2) is 28.9 Å². The molecule has 0 aromatic heterocycles. The molecule has 1 atom stereocenters. The maximum Gasteiger partial charge on any atom is 1.00 e. The Morgan fingerprint density at radius 3 is 1.46 bits per heavy atom. The molecule has 140 valence electrons. The molecule has 26 heavy (non-hydrogen) atoms. The van der Waals surface area contributed by atoms with Crippen LogP contribution >= 0.6 is 15.2 Å². The molecule has 1 unspecified atom stereocenters. The minimum Gasteiger partial charge on any atom is -0.810 e. The normalized spacial score (nSPS) is 13.3. The van der Waals surface area contributed by atoms with Gasteiger partial charge in [0.25, 0.3) is 0 Å². The molecule has 0 aliphatic carbocycles. The monoisotopic (exact) mass is 487 g/mol. The fourth-order valence-corrected chi connectivity index (χ4v) is 4.14. The van der Waals surface area contributed by atoms with Gasteiger partial charge in [-0.05, 0) is 13.0 Å². The minimum absolute atomic E-state index is 0. The van der Waals surface area contributed by atoms with E-state index in [1.807, 2.05) is 0 Å². The summed E-state index contributed by atoms with van der Waals surface area (Å²) >= 11 is 0. The first-order valence-corrected chi connectivity index (χ1v) is 11.9. The van der Waals surface area contributed by atoms with Crippen LogP contribution in [0.25, 0.3) is 0 Å². The molecule has 0 saturated carbocycles. The topological polar surface area (TPSA) is 127 Å². The molecule has 1 N–H and O–H groups in total. The SMILES string of the molecule is CCCCCCCCCCCCN(CP(=O)([O-])[O-])CP(=O)([O-])O.[K+].[K+].[K+]. The fraction of sp³-hybridized carbons (Fsp3) is 1.00. The van der Waals surface area contributed by atoms with Gasteiger partial charge in [-0.3, -0.25) is 4.90 Å². The van der Waals surface area contributed by atoms with E-state index < -0.39 is 27.8 Å². The molecule has 0 spiro atoms. The van der Waals surface area contributed by atoms with Crippen molar-refractivity contribution >= 4 is 15.2 Å². The zero-order valence-corrected chi connectivity index (χ0v) is 28.2. The van der Waals surface area contributed by atoms with Crippen molar-refractivity contribution in [2.75, 3.05) is 19.1 Å². The Bertz CT molecular complexity index is 371. The summed E-state index contributed by atoms with van der Waals surface area (Å²) in [5.74, 6) is 0. The van der Waals surface area contributed by atoms with Crippen molar-refractivity contribution in [2.45, 2.75) is 71.1 Å². The molecule has 0 fully saturated rings. The summed E-state index contributed by atoms with van der Waals surface area (Å²) < 4.78 is 21.6. The zero-order valence-electron chi connectivity index (χ0n) is 17.0. The maximum absolute atomic E-state index is 10.9. The van der Waals surface area contributed by atoms with Crippen LogP contribution in [-0.2, 0) is 9.13 Å². The van der Waals surface area contributed by atoms with Crippen LogP contribution in [0.5, 0.6) is 0 Å². The first-order valence-electron chi connectivity index (χ1n) is 8.40. The summed E-state index contributed by atoms with van der Waals surface area (Å²) in [5, 5.41) is 0. The largest absolute Gasteiger partial charge is 1.00 e. The quantitative estimate of drug-likeness (QED) is 0.138. The molecule has 0 bridgehead atoms. The van der Waals surface area contributed by atoms with E-state index in [4.69, 9.17) is 4.89 Å². The van der Waals surface area contributed by atoms with Crippen LogP contribution in [0.3, 0.4) is 0 Å². The molecule has 0 aliphatic rings. The van der Waals surface area contributed by atoms with Crippen molar-refractivity contribution in [3.63, 3.8) is 0 Å². The van der Waals surface area contributed by atoms with Crippen LogP contribution in [0.2, 0.25) is 0 Å². The molecular formula is C14H30K3NO6P2. The Balaban J connectivity index is -0.000000807. The number of unbranched alkanes of at least 4 members (excludes halogenated alkanes) is 9. The average molecular weight is 488 g/mol. The van der Waals surface area contributed by atoms with E-state index >= 15 is 0 Å². The number of rotatable bonds is 15. The van der Waals surface area contributed by atoms with E-state index in [-0.39, 0.29) is 161 Å². The molecule has 0 heterocycles. The Labute approximate surface area is 286 Å². The average Bonchev–Trinajstić information content (AvgIpc) is 2.37. The van der Waals surface area contributed by atoms with Gasteiger partial charge < -0.3 is 28.7 Å². The van der Waals surface area contributed by atoms with Gasteiger partial charge >= 0.3 is 154 Å². The van der Waals surface area contributed by atoms with Crippen molar-refractivity contribution in [2.24, 2.45) is 0 Å². The van der Waals surface area contributed by atoms with E-state index in [0.717, 1.165) is 24.2 Å². The fourth-order valence-electron chi connectivity index (χ4n) is 2.51. The molecule has 0 aliphatic heterocycles. The summed E-state index contributed by atoms with van der Waals surface area (Å²) in [7, 11) is -9.44. The standard InChI is InChI=1S/C14H33NO6P2.3K/c1-2-3-4-5-6-7-8-9-10-11-12-15(13-22(16,17)18)14-23(19,20)21;;;/h2-14H2,1H3,(H2,16,17,18)(H2,19,20,21);;;/q;3*+1/p-3. The van der Waals surface area contributed by atoms with Crippen LogP contribution < -0.4 is 169 Å². The molecule has 0 aromatic carbocycles. The summed E-state index contributed by atoms with van der Waals surface area (Å²) in [5.41, 5.74) is 0. The van der Waals surface area contributed by atoms with Crippen LogP contribution in [0.4, 0.5) is 0 Å². The second-order valence-corrected chi connectivity index (χ2v) is 9.17. The first-order chi connectivity index (χ1) is 10.6. The molecule has 7 nitrogen and oxygen atoms in total. The molecule has 12 heteroatoms. The van der Waals surface area contributed by atoms with Gasteiger partial charge in [0.1, 0.15) is 7.60 Å². The number of hydrogen-bond acceptors (Lipinski definition) is 6. The van der Waals surface area contributed by atoms with Crippen LogP contribution in [0.15, 0.2) is 0 Å². The zero-order chi connectivity index (χ0) is 17.8. The first kappa shape index (κ1) is 38.4. The number of hydrogen-bond donors (Lipinski definition) is 1. The van der Waals surface area contributed by atoms with E-state index in [9.17, 15) is 23.8 Å². The van der Waals surface area contributed by atoms with Gasteiger partial charge in [0.2, 0.25) is 0 Å². The summed E-state index contributed by atoms with van der Waals surface area (Å²) in [6.45, 7) is 2.36. The van der Waals surface area contributed by atoms with Gasteiger partial charge in [-0.15, -0.1) is 0 Å². The Morgan fingerprint density at radius 2 is 1.12 bits per heavy atom. The van der Waals surface area contributed by atoms with Gasteiger partial charge in [-0.25, -0.2) is 0 Å². The van der Waals surface area contributed by atoms with Gasteiger partial charge in [0.05, 0.1) is 6.29 Å².